The molecule has 32 heavy (non-hydrogen) atoms. The molecule has 0 fully saturated rings. The zero-order chi connectivity index (χ0) is 24.3. The van der Waals surface area contributed by atoms with E-state index in [0.29, 0.717) is 18.0 Å². The van der Waals surface area contributed by atoms with E-state index in [4.69, 9.17) is 14.2 Å². The van der Waals surface area contributed by atoms with Crippen molar-refractivity contribution in [1.29, 1.82) is 0 Å². The first-order valence-corrected chi connectivity index (χ1v) is 13.6. The van der Waals surface area contributed by atoms with Crippen LogP contribution in [0.4, 0.5) is 0 Å². The molecule has 0 aromatic rings. The molecule has 0 radical (unpaired) electrons. The molecule has 0 spiro atoms. The Labute approximate surface area is 202 Å². The van der Waals surface area contributed by atoms with Gasteiger partial charge in [0.2, 0.25) is 0 Å². The highest BCUT2D eigenvalue weighted by molar-refractivity contribution is 4.83. The van der Waals surface area contributed by atoms with Gasteiger partial charge in [0, 0.05) is 0 Å². The summed E-state index contributed by atoms with van der Waals surface area (Å²) in [7, 11) is 1.66. The van der Waals surface area contributed by atoms with Crippen LogP contribution in [-0.2, 0) is 14.2 Å². The molecular weight excluding hydrogens is 396 g/mol. The molecule has 0 rings (SSSR count). The summed E-state index contributed by atoms with van der Waals surface area (Å²) < 4.78 is 17.5. The van der Waals surface area contributed by atoms with Gasteiger partial charge in [-0.1, -0.05) is 119 Å². The quantitative estimate of drug-likeness (QED) is 0.135. The molecule has 0 amide bonds. The summed E-state index contributed by atoms with van der Waals surface area (Å²) in [5.74, 6) is 0.542. The first-order chi connectivity index (χ1) is 15.1. The smallest absolute Gasteiger partial charge is 0.315 e. The van der Waals surface area contributed by atoms with Crippen LogP contribution in [0.15, 0.2) is 12.2 Å². The minimum Gasteiger partial charge on any atom is -0.497 e. The molecule has 0 aromatic heterocycles. The number of hydrogen-bond acceptors (Lipinski definition) is 3. The molecule has 0 aliphatic heterocycles. The molecule has 3 heteroatoms. The van der Waals surface area contributed by atoms with E-state index in [1.807, 2.05) is 0 Å². The molecule has 0 heterocycles. The van der Waals surface area contributed by atoms with Crippen molar-refractivity contribution in [1.82, 2.24) is 0 Å². The molecule has 0 saturated heterocycles. The molecule has 0 aromatic carbocycles. The van der Waals surface area contributed by atoms with E-state index in [1.165, 1.54) is 83.5 Å². The lowest BCUT2D eigenvalue weighted by Crippen LogP contribution is -2.29. The van der Waals surface area contributed by atoms with Gasteiger partial charge in [0.25, 0.3) is 0 Å². The SMILES string of the molecule is CCCCCCCCC(OC(=COC)OCCCCCCCCCC(C)(C)C)C(C)(C)C. The molecule has 0 aliphatic rings. The summed E-state index contributed by atoms with van der Waals surface area (Å²) in [4.78, 5) is 0. The van der Waals surface area contributed by atoms with E-state index >= 15 is 0 Å². The molecular formula is C29H58O3. The number of rotatable bonds is 20. The van der Waals surface area contributed by atoms with Crippen LogP contribution in [0, 0.1) is 10.8 Å². The second kappa shape index (κ2) is 18.6. The average Bonchev–Trinajstić information content (AvgIpc) is 2.69. The molecule has 0 N–H and O–H groups in total. The second-order valence-corrected chi connectivity index (χ2v) is 11.8. The summed E-state index contributed by atoms with van der Waals surface area (Å²) in [5.41, 5.74) is 0.556. The van der Waals surface area contributed by atoms with Crippen LogP contribution in [0.25, 0.3) is 0 Å². The Kier molecular flexibility index (Phi) is 18.1. The molecule has 1 unspecified atom stereocenters. The van der Waals surface area contributed by atoms with Crippen LogP contribution in [0.2, 0.25) is 0 Å². The fraction of sp³-hybridized carbons (Fsp3) is 0.931. The van der Waals surface area contributed by atoms with Crippen LogP contribution in [0.3, 0.4) is 0 Å². The third kappa shape index (κ3) is 19.8. The maximum absolute atomic E-state index is 6.30. The fourth-order valence-corrected chi connectivity index (χ4v) is 3.93. The highest BCUT2D eigenvalue weighted by Gasteiger charge is 2.27. The lowest BCUT2D eigenvalue weighted by atomic mass is 9.86. The van der Waals surface area contributed by atoms with Crippen LogP contribution in [-0.4, -0.2) is 19.8 Å². The fourth-order valence-electron chi connectivity index (χ4n) is 3.93. The lowest BCUT2D eigenvalue weighted by molar-refractivity contribution is -0.0619. The van der Waals surface area contributed by atoms with E-state index in [9.17, 15) is 0 Å². The largest absolute Gasteiger partial charge is 0.497 e. The minimum atomic E-state index is 0.0760. The zero-order valence-corrected chi connectivity index (χ0v) is 23.2. The monoisotopic (exact) mass is 454 g/mol. The summed E-state index contributed by atoms with van der Waals surface area (Å²) >= 11 is 0. The predicted octanol–water partition coefficient (Wildman–Crippen LogP) is 9.80. The average molecular weight is 455 g/mol. The van der Waals surface area contributed by atoms with E-state index in [1.54, 1.807) is 13.4 Å². The highest BCUT2D eigenvalue weighted by atomic mass is 16.7. The van der Waals surface area contributed by atoms with Crippen molar-refractivity contribution in [2.45, 2.75) is 151 Å². The number of ether oxygens (including phenoxy) is 3. The lowest BCUT2D eigenvalue weighted by Gasteiger charge is -2.31. The van der Waals surface area contributed by atoms with Crippen molar-refractivity contribution in [3.8, 4) is 0 Å². The number of hydrogen-bond donors (Lipinski definition) is 0. The Morgan fingerprint density at radius 3 is 1.78 bits per heavy atom. The van der Waals surface area contributed by atoms with Gasteiger partial charge in [0.1, 0.15) is 6.10 Å². The number of unbranched alkanes of at least 4 members (excludes halogenated alkanes) is 11. The van der Waals surface area contributed by atoms with Gasteiger partial charge in [-0.2, -0.15) is 0 Å². The van der Waals surface area contributed by atoms with Gasteiger partial charge in [-0.3, -0.25) is 0 Å². The van der Waals surface area contributed by atoms with E-state index in [0.717, 1.165) is 12.8 Å². The van der Waals surface area contributed by atoms with Crippen molar-refractivity contribution in [2.24, 2.45) is 10.8 Å². The Bertz CT molecular complexity index is 442. The molecule has 0 aliphatic carbocycles. The van der Waals surface area contributed by atoms with Crippen molar-refractivity contribution in [2.75, 3.05) is 13.7 Å². The maximum Gasteiger partial charge on any atom is 0.315 e. The molecule has 0 bridgehead atoms. The van der Waals surface area contributed by atoms with Crippen molar-refractivity contribution in [3.05, 3.63) is 12.2 Å². The van der Waals surface area contributed by atoms with Crippen LogP contribution in [0.1, 0.15) is 145 Å². The Balaban J connectivity index is 4.11. The van der Waals surface area contributed by atoms with Crippen LogP contribution in [0.5, 0.6) is 0 Å². The zero-order valence-electron chi connectivity index (χ0n) is 23.2. The van der Waals surface area contributed by atoms with Gasteiger partial charge in [0.05, 0.1) is 13.7 Å². The van der Waals surface area contributed by atoms with Crippen molar-refractivity contribution >= 4 is 0 Å². The first-order valence-electron chi connectivity index (χ1n) is 13.6. The first kappa shape index (κ1) is 31.1. The molecule has 192 valence electrons. The van der Waals surface area contributed by atoms with Gasteiger partial charge < -0.3 is 14.2 Å². The topological polar surface area (TPSA) is 27.7 Å². The summed E-state index contributed by atoms with van der Waals surface area (Å²) in [6, 6.07) is 0. The minimum absolute atomic E-state index is 0.0760. The second-order valence-electron chi connectivity index (χ2n) is 11.8. The van der Waals surface area contributed by atoms with Crippen molar-refractivity contribution in [3.63, 3.8) is 0 Å². The van der Waals surface area contributed by atoms with Crippen LogP contribution >= 0.6 is 0 Å². The third-order valence-electron chi connectivity index (χ3n) is 6.07. The van der Waals surface area contributed by atoms with Gasteiger partial charge in [0.15, 0.2) is 6.26 Å². The predicted molar refractivity (Wildman–Crippen MR) is 140 cm³/mol. The third-order valence-corrected chi connectivity index (χ3v) is 6.07. The van der Waals surface area contributed by atoms with Gasteiger partial charge in [-0.05, 0) is 36.5 Å². The molecule has 3 nitrogen and oxygen atoms in total. The molecule has 1 atom stereocenters. The van der Waals surface area contributed by atoms with Gasteiger partial charge in [-0.25, -0.2) is 0 Å². The van der Waals surface area contributed by atoms with Crippen molar-refractivity contribution < 1.29 is 14.2 Å². The summed E-state index contributed by atoms with van der Waals surface area (Å²) in [5, 5.41) is 0. The summed E-state index contributed by atoms with van der Waals surface area (Å²) in [6.45, 7) is 16.7. The normalized spacial score (nSPS) is 13.8. The van der Waals surface area contributed by atoms with Gasteiger partial charge in [-0.15, -0.1) is 0 Å². The maximum atomic E-state index is 6.30. The Hall–Kier alpha value is -0.860. The number of methoxy groups -OCH3 is 1. The highest BCUT2D eigenvalue weighted by Crippen LogP contribution is 2.29. The Morgan fingerprint density at radius 2 is 1.25 bits per heavy atom. The Morgan fingerprint density at radius 1 is 0.719 bits per heavy atom. The van der Waals surface area contributed by atoms with E-state index in [-0.39, 0.29) is 11.5 Å². The standard InChI is InChI=1S/C29H58O3/c1-9-10-11-12-16-19-22-26(29(5,6)7)32-27(25-30-8)31-24-21-18-15-13-14-17-20-23-28(2,3)4/h25-26H,9-24H2,1-8H3. The summed E-state index contributed by atoms with van der Waals surface area (Å²) in [6.07, 6.45) is 21.0. The molecule has 0 saturated carbocycles. The van der Waals surface area contributed by atoms with E-state index < -0.39 is 0 Å². The van der Waals surface area contributed by atoms with Crippen LogP contribution < -0.4 is 0 Å². The van der Waals surface area contributed by atoms with Gasteiger partial charge >= 0.3 is 5.95 Å². The van der Waals surface area contributed by atoms with E-state index in [2.05, 4.69) is 48.5 Å².